The first-order chi connectivity index (χ1) is 32.5. The van der Waals surface area contributed by atoms with Crippen molar-refractivity contribution in [3.05, 3.63) is 288 Å². The van der Waals surface area contributed by atoms with E-state index in [1.807, 2.05) is 19.1 Å². The highest BCUT2D eigenvalue weighted by Crippen LogP contribution is 2.57. The summed E-state index contributed by atoms with van der Waals surface area (Å²) in [6.45, 7) is 9.67. The van der Waals surface area contributed by atoms with E-state index < -0.39 is 5.41 Å². The molecule has 0 aromatic heterocycles. The van der Waals surface area contributed by atoms with Gasteiger partial charge in [0, 0.05) is 38.6 Å². The molecule has 0 aliphatic heterocycles. The van der Waals surface area contributed by atoms with E-state index in [2.05, 4.69) is 283 Å². The molecule has 66 heavy (non-hydrogen) atoms. The molecule has 2 nitrogen and oxygen atoms in total. The largest absolute Gasteiger partial charge is 0.310 e. The minimum atomic E-state index is -0.460. The molecule has 1 aliphatic carbocycles. The van der Waals surface area contributed by atoms with Crippen LogP contribution in [0.2, 0.25) is 0 Å². The minimum absolute atomic E-state index is 0.460. The Kier molecular flexibility index (Phi) is 14.7. The van der Waals surface area contributed by atoms with Gasteiger partial charge in [0.15, 0.2) is 0 Å². The molecule has 1 aliphatic rings. The second-order valence-corrected chi connectivity index (χ2v) is 17.1. The van der Waals surface area contributed by atoms with Crippen LogP contribution in [0.1, 0.15) is 49.4 Å². The van der Waals surface area contributed by atoms with Crippen LogP contribution in [0.3, 0.4) is 0 Å². The fourth-order valence-corrected chi connectivity index (χ4v) is 9.50. The zero-order valence-electron chi connectivity index (χ0n) is 37.9. The maximum absolute atomic E-state index is 3.98. The zero-order chi connectivity index (χ0) is 45.7. The lowest BCUT2D eigenvalue weighted by Gasteiger charge is -2.34. The molecule has 0 spiro atoms. The molecule has 3 heteroatoms. The van der Waals surface area contributed by atoms with E-state index in [1.54, 1.807) is 6.08 Å². The van der Waals surface area contributed by atoms with E-state index in [4.69, 9.17) is 0 Å². The zero-order valence-corrected chi connectivity index (χ0v) is 39.5. The van der Waals surface area contributed by atoms with Crippen LogP contribution < -0.4 is 9.80 Å². The molecule has 0 amide bonds. The number of halogens is 1. The molecule has 10 rings (SSSR count). The van der Waals surface area contributed by atoms with E-state index in [0.29, 0.717) is 0 Å². The summed E-state index contributed by atoms with van der Waals surface area (Å²) >= 11 is 3.98. The van der Waals surface area contributed by atoms with Crippen LogP contribution in [-0.4, -0.2) is 0 Å². The van der Waals surface area contributed by atoms with Crippen molar-refractivity contribution in [3.63, 3.8) is 0 Å². The number of benzene rings is 9. The normalized spacial score (nSPS) is 11.8. The van der Waals surface area contributed by atoms with Crippen molar-refractivity contribution in [1.29, 1.82) is 0 Å². The van der Waals surface area contributed by atoms with Crippen molar-refractivity contribution >= 4 is 50.1 Å². The fraction of sp³-hybridized carbons (Fsp3) is 0.0794. The SMILES string of the molecule is Brc1cc(N(c2ccccc2)c2cccc(-c3ccccc3)c2)cc(N(c2ccccc2)c2ccc3c(c2)-c2ccccc2C3(c2ccccc2)c2ccccc2)c1.C=C/C=C\C.CCC. The molecule has 0 unspecified atom stereocenters. The van der Waals surface area contributed by atoms with Gasteiger partial charge in [-0.2, -0.15) is 0 Å². The molecule has 9 aromatic rings. The van der Waals surface area contributed by atoms with Gasteiger partial charge in [-0.25, -0.2) is 0 Å². The average molecular weight is 920 g/mol. The van der Waals surface area contributed by atoms with E-state index >= 15 is 0 Å². The molecule has 0 atom stereocenters. The number of nitrogens with zero attached hydrogens (tertiary/aromatic N) is 2. The number of anilines is 6. The Morgan fingerprint density at radius 3 is 1.38 bits per heavy atom. The number of hydrogen-bond donors (Lipinski definition) is 0. The molecule has 0 saturated carbocycles. The Labute approximate surface area is 400 Å². The topological polar surface area (TPSA) is 6.48 Å². The fourth-order valence-electron chi connectivity index (χ4n) is 9.03. The van der Waals surface area contributed by atoms with E-state index in [9.17, 15) is 0 Å². The predicted octanol–water partition coefficient (Wildman–Crippen LogP) is 18.6. The second-order valence-electron chi connectivity index (χ2n) is 16.2. The van der Waals surface area contributed by atoms with Crippen LogP contribution in [0, 0.1) is 0 Å². The van der Waals surface area contributed by atoms with Crippen molar-refractivity contribution in [1.82, 2.24) is 0 Å². The third kappa shape index (κ3) is 9.36. The van der Waals surface area contributed by atoms with Crippen molar-refractivity contribution in [3.8, 4) is 22.3 Å². The van der Waals surface area contributed by atoms with Crippen molar-refractivity contribution in [2.24, 2.45) is 0 Å². The highest BCUT2D eigenvalue weighted by atomic mass is 79.9. The lowest BCUT2D eigenvalue weighted by Crippen LogP contribution is -2.28. The lowest BCUT2D eigenvalue weighted by atomic mass is 9.68. The van der Waals surface area contributed by atoms with Crippen LogP contribution in [-0.2, 0) is 5.41 Å². The summed E-state index contributed by atoms with van der Waals surface area (Å²) in [5.74, 6) is 0. The molecule has 0 N–H and O–H groups in total. The maximum atomic E-state index is 3.98. The van der Waals surface area contributed by atoms with Crippen molar-refractivity contribution < 1.29 is 0 Å². The average Bonchev–Trinajstić information content (AvgIpc) is 3.67. The maximum Gasteiger partial charge on any atom is 0.0713 e. The Hall–Kier alpha value is -7.46. The summed E-state index contributed by atoms with van der Waals surface area (Å²) in [6.07, 6.45) is 6.83. The van der Waals surface area contributed by atoms with Crippen LogP contribution in [0.15, 0.2) is 266 Å². The standard InChI is InChI=1S/C55H39BrN2.C5H8.C3H8/c56-44-36-49(57(45-26-12-4-13-27-45)47-30-18-21-41(35-47)40-19-6-1-7-20-40)38-50(37-44)58(46-28-14-5-15-29-46)48-33-34-54-52(39-48)51-31-16-17-32-53(51)55(54,42-22-8-2-9-23-42)43-24-10-3-11-25-43;1-3-5-4-2;1-3-2/h1-39H;3-5H,1H2,2H3;3H2,1-2H3/b;5-4-;. The van der Waals surface area contributed by atoms with Gasteiger partial charge in [-0.1, -0.05) is 231 Å². The Morgan fingerprint density at radius 2 is 0.864 bits per heavy atom. The highest BCUT2D eigenvalue weighted by Gasteiger charge is 2.46. The summed E-state index contributed by atoms with van der Waals surface area (Å²) in [7, 11) is 0. The van der Waals surface area contributed by atoms with Gasteiger partial charge in [-0.3, -0.25) is 0 Å². The number of fused-ring (bicyclic) bond motifs is 3. The number of allylic oxidation sites excluding steroid dienone is 3. The number of hydrogen-bond acceptors (Lipinski definition) is 2. The first-order valence-corrected chi connectivity index (χ1v) is 23.6. The molecule has 9 aromatic carbocycles. The first-order valence-electron chi connectivity index (χ1n) is 22.8. The van der Waals surface area contributed by atoms with E-state index in [-0.39, 0.29) is 0 Å². The van der Waals surface area contributed by atoms with Gasteiger partial charge < -0.3 is 9.80 Å². The minimum Gasteiger partial charge on any atom is -0.310 e. The van der Waals surface area contributed by atoms with Crippen LogP contribution in [0.25, 0.3) is 22.3 Å². The lowest BCUT2D eigenvalue weighted by molar-refractivity contribution is 0.768. The van der Waals surface area contributed by atoms with Crippen molar-refractivity contribution in [2.75, 3.05) is 9.80 Å². The van der Waals surface area contributed by atoms with Gasteiger partial charge in [0.2, 0.25) is 0 Å². The van der Waals surface area contributed by atoms with Crippen LogP contribution in [0.4, 0.5) is 34.1 Å². The van der Waals surface area contributed by atoms with E-state index in [0.717, 1.165) is 38.6 Å². The molecule has 0 bridgehead atoms. The summed E-state index contributed by atoms with van der Waals surface area (Å²) in [6, 6.07) is 85.4. The Morgan fingerprint density at radius 1 is 0.424 bits per heavy atom. The molecular weight excluding hydrogens is 865 g/mol. The van der Waals surface area contributed by atoms with Gasteiger partial charge in [-0.05, 0) is 118 Å². The van der Waals surface area contributed by atoms with Gasteiger partial charge in [0.25, 0.3) is 0 Å². The monoisotopic (exact) mass is 918 g/mol. The first kappa shape index (κ1) is 45.1. The third-order valence-corrected chi connectivity index (χ3v) is 12.1. The quantitative estimate of drug-likeness (QED) is 0.126. The second kappa shape index (κ2) is 21.5. The molecule has 0 saturated heterocycles. The summed E-state index contributed by atoms with van der Waals surface area (Å²) in [5, 5.41) is 0. The Balaban J connectivity index is 0.000000687. The third-order valence-electron chi connectivity index (χ3n) is 11.7. The Bertz CT molecular complexity index is 2960. The van der Waals surface area contributed by atoms with Gasteiger partial charge in [0.1, 0.15) is 0 Å². The van der Waals surface area contributed by atoms with E-state index in [1.165, 1.54) is 50.9 Å². The number of para-hydroxylation sites is 2. The summed E-state index contributed by atoms with van der Waals surface area (Å²) in [4.78, 5) is 4.72. The highest BCUT2D eigenvalue weighted by molar-refractivity contribution is 9.10. The molecule has 324 valence electrons. The van der Waals surface area contributed by atoms with Gasteiger partial charge in [0.05, 0.1) is 5.41 Å². The smallest absolute Gasteiger partial charge is 0.0713 e. The molecular formula is C63H55BrN2. The molecule has 0 heterocycles. The van der Waals surface area contributed by atoms with Gasteiger partial charge in [-0.15, -0.1) is 0 Å². The van der Waals surface area contributed by atoms with Crippen LogP contribution >= 0.6 is 15.9 Å². The number of rotatable bonds is 10. The molecule has 0 radical (unpaired) electrons. The summed E-state index contributed by atoms with van der Waals surface area (Å²) < 4.78 is 0.986. The van der Waals surface area contributed by atoms with Gasteiger partial charge >= 0.3 is 0 Å². The predicted molar refractivity (Wildman–Crippen MR) is 287 cm³/mol. The van der Waals surface area contributed by atoms with Crippen molar-refractivity contribution in [2.45, 2.75) is 32.6 Å². The van der Waals surface area contributed by atoms with Crippen LogP contribution in [0.5, 0.6) is 0 Å². The summed E-state index contributed by atoms with van der Waals surface area (Å²) in [5.41, 5.74) is 15.9. The molecule has 0 fully saturated rings.